The highest BCUT2D eigenvalue weighted by Gasteiger charge is 1.95. The van der Waals surface area contributed by atoms with Crippen LogP contribution in [0.2, 0.25) is 0 Å². The van der Waals surface area contributed by atoms with Gasteiger partial charge in [0.1, 0.15) is 5.52 Å². The summed E-state index contributed by atoms with van der Waals surface area (Å²) in [6.45, 7) is 0. The van der Waals surface area contributed by atoms with Gasteiger partial charge >= 0.3 is 0 Å². The van der Waals surface area contributed by atoms with Gasteiger partial charge in [-0.05, 0) is 12.1 Å². The average Bonchev–Trinajstić information content (AvgIpc) is 2.06. The van der Waals surface area contributed by atoms with Gasteiger partial charge in [-0.2, -0.15) is 0 Å². The van der Waals surface area contributed by atoms with E-state index in [0.717, 1.165) is 0 Å². The van der Waals surface area contributed by atoms with Crippen LogP contribution in [0.5, 0.6) is 0 Å². The predicted molar refractivity (Wildman–Crippen MR) is 43.8 cm³/mol. The molecule has 0 spiro atoms. The summed E-state index contributed by atoms with van der Waals surface area (Å²) in [7, 11) is 0. The van der Waals surface area contributed by atoms with Crippen molar-refractivity contribution in [3.05, 3.63) is 34.6 Å². The monoisotopic (exact) mass is 165 g/mol. The van der Waals surface area contributed by atoms with Crippen LogP contribution in [0, 0.1) is 0 Å². The maximum Gasteiger partial charge on any atom is 0.275 e. The third kappa shape index (κ3) is 1.17. The number of hydrogen-bond acceptors (Lipinski definition) is 3. The van der Waals surface area contributed by atoms with Crippen molar-refractivity contribution in [2.45, 2.75) is 0 Å². The maximum atomic E-state index is 11.0. The van der Waals surface area contributed by atoms with Gasteiger partial charge in [0.25, 0.3) is 5.56 Å². The average molecular weight is 165 g/mol. The molecule has 3 N–H and O–H groups in total. The maximum absolute atomic E-state index is 11.0. The van der Waals surface area contributed by atoms with Crippen molar-refractivity contribution in [2.24, 2.45) is 0 Å². The van der Waals surface area contributed by atoms with Gasteiger partial charge in [0, 0.05) is 0 Å². The molecule has 2 aromatic rings. The number of hydrogen-bond donors (Lipinski definition) is 1. The molecule has 12 heavy (non-hydrogen) atoms. The van der Waals surface area contributed by atoms with Crippen LogP contribution in [-0.4, -0.2) is 20.9 Å². The van der Waals surface area contributed by atoms with Gasteiger partial charge in [-0.15, -0.1) is 5.10 Å². The third-order valence-electron chi connectivity index (χ3n) is 1.46. The van der Waals surface area contributed by atoms with Crippen LogP contribution in [0.1, 0.15) is 0 Å². The van der Waals surface area contributed by atoms with E-state index in [4.69, 9.17) is 0 Å². The number of aromatic amines is 1. The molecule has 0 unspecified atom stereocenters. The van der Waals surface area contributed by atoms with Crippen molar-refractivity contribution < 1.29 is 5.48 Å². The lowest BCUT2D eigenvalue weighted by Gasteiger charge is -1.89. The van der Waals surface area contributed by atoms with E-state index in [1.54, 1.807) is 18.2 Å². The fraction of sp³-hybridized carbons (Fsp3) is 0. The van der Waals surface area contributed by atoms with Gasteiger partial charge in [0.05, 0.1) is 5.39 Å². The van der Waals surface area contributed by atoms with E-state index < -0.39 is 0 Å². The van der Waals surface area contributed by atoms with Gasteiger partial charge < -0.3 is 5.48 Å². The zero-order valence-electron chi connectivity index (χ0n) is 6.11. The van der Waals surface area contributed by atoms with Crippen LogP contribution < -0.4 is 5.56 Å². The number of nitrogens with one attached hydrogen (secondary N) is 1. The van der Waals surface area contributed by atoms with Crippen molar-refractivity contribution in [1.29, 1.82) is 0 Å². The van der Waals surface area contributed by atoms with E-state index in [-0.39, 0.29) is 11.0 Å². The van der Waals surface area contributed by atoms with E-state index in [1.807, 2.05) is 6.07 Å². The molecule has 0 bridgehead atoms. The van der Waals surface area contributed by atoms with Crippen molar-refractivity contribution in [2.75, 3.05) is 0 Å². The molecule has 1 heterocycles. The minimum absolute atomic E-state index is 0. The highest BCUT2D eigenvalue weighted by molar-refractivity contribution is 5.76. The van der Waals surface area contributed by atoms with Crippen molar-refractivity contribution in [3.8, 4) is 0 Å². The van der Waals surface area contributed by atoms with E-state index in [2.05, 4.69) is 15.4 Å². The van der Waals surface area contributed by atoms with Crippen molar-refractivity contribution in [3.63, 3.8) is 0 Å². The second-order valence-electron chi connectivity index (χ2n) is 2.16. The first-order valence-corrected chi connectivity index (χ1v) is 3.18. The van der Waals surface area contributed by atoms with Crippen LogP contribution in [0.3, 0.4) is 0 Å². The Morgan fingerprint density at radius 1 is 1.25 bits per heavy atom. The first-order valence-electron chi connectivity index (χ1n) is 3.18. The lowest BCUT2D eigenvalue weighted by Crippen LogP contribution is -2.09. The first kappa shape index (κ1) is 8.35. The zero-order chi connectivity index (χ0) is 7.68. The van der Waals surface area contributed by atoms with Crippen molar-refractivity contribution >= 4 is 10.9 Å². The summed E-state index contributed by atoms with van der Waals surface area (Å²) in [5.74, 6) is 0. The molecular weight excluding hydrogens is 158 g/mol. The van der Waals surface area contributed by atoms with E-state index >= 15 is 0 Å². The highest BCUT2D eigenvalue weighted by Crippen LogP contribution is 2.01. The summed E-state index contributed by atoms with van der Waals surface area (Å²) < 4.78 is 0. The van der Waals surface area contributed by atoms with E-state index in [0.29, 0.717) is 10.9 Å². The summed E-state index contributed by atoms with van der Waals surface area (Å²) >= 11 is 0. The smallest absolute Gasteiger partial charge is 0.275 e. The minimum Gasteiger partial charge on any atom is -0.412 e. The molecule has 0 amide bonds. The fourth-order valence-electron chi connectivity index (χ4n) is 0.937. The first-order chi connectivity index (χ1) is 5.38. The molecule has 5 heteroatoms. The van der Waals surface area contributed by atoms with Crippen LogP contribution in [-0.2, 0) is 0 Å². The number of aromatic nitrogens is 3. The lowest BCUT2D eigenvalue weighted by molar-refractivity contribution is 0.824. The topological polar surface area (TPSA) is 90.1 Å². The van der Waals surface area contributed by atoms with Crippen LogP contribution in [0.25, 0.3) is 10.9 Å². The minimum atomic E-state index is -0.199. The van der Waals surface area contributed by atoms with E-state index in [9.17, 15) is 4.79 Å². The quantitative estimate of drug-likeness (QED) is 0.570. The number of rotatable bonds is 0. The SMILES string of the molecule is O.O=c1[nH]nnc2ccccc12. The molecule has 0 aliphatic rings. The molecule has 0 saturated carbocycles. The number of benzene rings is 1. The van der Waals surface area contributed by atoms with Gasteiger partial charge in [-0.1, -0.05) is 17.3 Å². The fourth-order valence-corrected chi connectivity index (χ4v) is 0.937. The molecule has 1 aromatic heterocycles. The second kappa shape index (κ2) is 3.10. The summed E-state index contributed by atoms with van der Waals surface area (Å²) in [5.41, 5.74) is 0.423. The van der Waals surface area contributed by atoms with Gasteiger partial charge in [-0.3, -0.25) is 4.79 Å². The Morgan fingerprint density at radius 2 is 2.00 bits per heavy atom. The summed E-state index contributed by atoms with van der Waals surface area (Å²) in [6.07, 6.45) is 0. The molecule has 0 aliphatic carbocycles. The number of fused-ring (bicyclic) bond motifs is 1. The highest BCUT2D eigenvalue weighted by atomic mass is 16.1. The Morgan fingerprint density at radius 3 is 2.75 bits per heavy atom. The van der Waals surface area contributed by atoms with Gasteiger partial charge in [-0.25, -0.2) is 5.10 Å². The molecule has 0 saturated heterocycles. The van der Waals surface area contributed by atoms with Crippen LogP contribution in [0.15, 0.2) is 29.1 Å². The summed E-state index contributed by atoms with van der Waals surface area (Å²) in [4.78, 5) is 11.0. The largest absolute Gasteiger partial charge is 0.412 e. The van der Waals surface area contributed by atoms with Gasteiger partial charge in [0.15, 0.2) is 0 Å². The van der Waals surface area contributed by atoms with Gasteiger partial charge in [0.2, 0.25) is 0 Å². The zero-order valence-corrected chi connectivity index (χ0v) is 6.11. The molecule has 5 nitrogen and oxygen atoms in total. The Bertz CT molecular complexity index is 432. The molecule has 0 fully saturated rings. The molecule has 0 radical (unpaired) electrons. The standard InChI is InChI=1S/C7H5N3O.H2O/c11-7-5-3-1-2-4-6(5)8-10-9-7;/h1-4H,(H,8,9,11);1H2. The summed E-state index contributed by atoms with van der Waals surface area (Å²) in [6, 6.07) is 7.07. The second-order valence-corrected chi connectivity index (χ2v) is 2.16. The Balaban J connectivity index is 0.000000720. The molecule has 2 rings (SSSR count). The van der Waals surface area contributed by atoms with Crippen molar-refractivity contribution in [1.82, 2.24) is 15.4 Å². The number of H-pyrrole nitrogens is 1. The third-order valence-corrected chi connectivity index (χ3v) is 1.46. The molecule has 1 aromatic carbocycles. The predicted octanol–water partition coefficient (Wildman–Crippen LogP) is -0.507. The molecule has 0 aliphatic heterocycles. The van der Waals surface area contributed by atoms with Crippen LogP contribution in [0.4, 0.5) is 0 Å². The lowest BCUT2D eigenvalue weighted by atomic mass is 10.2. The molecule has 0 atom stereocenters. The Labute approximate surface area is 67.4 Å². The summed E-state index contributed by atoms with van der Waals surface area (Å²) in [5, 5.41) is 9.99. The number of nitrogens with zero attached hydrogens (tertiary/aromatic N) is 2. The normalized spacial score (nSPS) is 9.33. The molecular formula is C7H7N3O2. The van der Waals surface area contributed by atoms with E-state index in [1.165, 1.54) is 0 Å². The van der Waals surface area contributed by atoms with Crippen LogP contribution >= 0.6 is 0 Å². The Hall–Kier alpha value is -1.75. The Kier molecular flexibility index (Phi) is 2.16. The molecule has 62 valence electrons.